The fourth-order valence-electron chi connectivity index (χ4n) is 1.09. The molecule has 8 nitrogen and oxygen atoms in total. The molecule has 17 heavy (non-hydrogen) atoms. The van der Waals surface area contributed by atoms with Crippen molar-refractivity contribution in [1.29, 1.82) is 0 Å². The van der Waals surface area contributed by atoms with Crippen molar-refractivity contribution in [2.24, 2.45) is 5.29 Å². The topological polar surface area (TPSA) is 118 Å². The van der Waals surface area contributed by atoms with Crippen LogP contribution >= 0.6 is 0 Å². The van der Waals surface area contributed by atoms with Gasteiger partial charge in [0.25, 0.3) is 5.56 Å². The van der Waals surface area contributed by atoms with Gasteiger partial charge in [-0.15, -0.1) is 4.91 Å². The van der Waals surface area contributed by atoms with Crippen LogP contribution in [0.4, 0.5) is 10.1 Å². The molecule has 1 atom stereocenters. The number of aromatic amines is 1. The number of rotatable bonds is 6. The number of aromatic nitrogens is 1. The summed E-state index contributed by atoms with van der Waals surface area (Å²) in [5.74, 6) is -0.511. The summed E-state index contributed by atoms with van der Waals surface area (Å²) in [4.78, 5) is 23.1. The second kappa shape index (κ2) is 5.80. The van der Waals surface area contributed by atoms with Crippen LogP contribution in [-0.2, 0) is 0 Å². The van der Waals surface area contributed by atoms with Gasteiger partial charge in [-0.25, -0.2) is 9.40 Å². The Hall–Kier alpha value is -2.16. The molecule has 1 unspecified atom stereocenters. The van der Waals surface area contributed by atoms with Crippen molar-refractivity contribution in [2.75, 3.05) is 18.5 Å². The van der Waals surface area contributed by atoms with Crippen LogP contribution in [0.2, 0.25) is 0 Å². The normalized spacial score (nSPS) is 11.9. The summed E-state index contributed by atoms with van der Waals surface area (Å²) in [6.07, 6.45) is -1.61. The Balaban J connectivity index is 2.75. The molecule has 94 valence electrons. The van der Waals surface area contributed by atoms with E-state index in [0.29, 0.717) is 5.01 Å². The fraction of sp³-hybridized carbons (Fsp3) is 0.375. The lowest BCUT2D eigenvalue weighted by Crippen LogP contribution is -2.38. The van der Waals surface area contributed by atoms with Gasteiger partial charge in [0.2, 0.25) is 12.2 Å². The van der Waals surface area contributed by atoms with Crippen molar-refractivity contribution in [3.8, 4) is 5.88 Å². The lowest BCUT2D eigenvalue weighted by Gasteiger charge is -2.22. The van der Waals surface area contributed by atoms with Crippen LogP contribution in [0.25, 0.3) is 0 Å². The molecule has 0 fully saturated rings. The maximum atomic E-state index is 12.0. The number of aliphatic hydroxyl groups excluding tert-OH is 1. The molecule has 0 aliphatic rings. The van der Waals surface area contributed by atoms with E-state index in [4.69, 9.17) is 0 Å². The van der Waals surface area contributed by atoms with Gasteiger partial charge in [-0.05, 0) is 6.07 Å². The number of anilines is 1. The first-order valence-electron chi connectivity index (χ1n) is 4.61. The van der Waals surface area contributed by atoms with Gasteiger partial charge in [0.1, 0.15) is 6.67 Å². The van der Waals surface area contributed by atoms with Gasteiger partial charge in [0.15, 0.2) is 0 Å². The van der Waals surface area contributed by atoms with Crippen molar-refractivity contribution in [3.05, 3.63) is 27.4 Å². The largest absolute Gasteiger partial charge is 0.493 e. The van der Waals surface area contributed by atoms with Gasteiger partial charge >= 0.3 is 0 Å². The number of halogens is 1. The van der Waals surface area contributed by atoms with Crippen molar-refractivity contribution in [1.82, 2.24) is 9.99 Å². The third-order valence-electron chi connectivity index (χ3n) is 1.88. The van der Waals surface area contributed by atoms with E-state index in [-0.39, 0.29) is 5.69 Å². The van der Waals surface area contributed by atoms with Gasteiger partial charge in [-0.1, -0.05) is 0 Å². The number of alkyl halides is 1. The zero-order chi connectivity index (χ0) is 12.8. The molecule has 0 aliphatic carbocycles. The number of aromatic hydroxyl groups is 1. The van der Waals surface area contributed by atoms with Crippen LogP contribution in [0.5, 0.6) is 5.88 Å². The summed E-state index contributed by atoms with van der Waals surface area (Å²) in [6, 6.07) is 2.29. The van der Waals surface area contributed by atoms with Crippen LogP contribution < -0.4 is 10.9 Å². The summed E-state index contributed by atoms with van der Waals surface area (Å²) >= 11 is 0. The van der Waals surface area contributed by atoms with Crippen molar-refractivity contribution in [2.45, 2.75) is 6.35 Å². The summed E-state index contributed by atoms with van der Waals surface area (Å²) < 4.78 is 12.0. The lowest BCUT2D eigenvalue weighted by molar-refractivity contribution is 0.0224. The first kappa shape index (κ1) is 12.9. The number of hydrogen-bond acceptors (Lipinski definition) is 6. The monoisotopic (exact) mass is 246 g/mol. The highest BCUT2D eigenvalue weighted by Crippen LogP contribution is 2.18. The van der Waals surface area contributed by atoms with Gasteiger partial charge in [0.05, 0.1) is 17.5 Å². The molecule has 4 N–H and O–H groups in total. The molecular formula is C8H11FN4O4. The molecule has 1 aromatic rings. The summed E-state index contributed by atoms with van der Waals surface area (Å²) in [7, 11) is 0. The molecule has 0 aromatic carbocycles. The predicted molar refractivity (Wildman–Crippen MR) is 56.8 cm³/mol. The number of hydrogen-bond donors (Lipinski definition) is 4. The number of H-pyrrole nitrogens is 1. The molecular weight excluding hydrogens is 235 g/mol. The number of nitrogens with zero attached hydrogens (tertiary/aromatic N) is 2. The van der Waals surface area contributed by atoms with Crippen LogP contribution in [0.1, 0.15) is 0 Å². The Morgan fingerprint density at radius 1 is 1.59 bits per heavy atom. The molecule has 1 rings (SSSR count). The number of nitroso groups, excluding NO2 is 1. The highest BCUT2D eigenvalue weighted by Gasteiger charge is 2.16. The SMILES string of the molecule is O=NN(CCF)C(O)Nc1ccc(=O)[nH]c1O. The van der Waals surface area contributed by atoms with E-state index in [2.05, 4.69) is 15.6 Å². The van der Waals surface area contributed by atoms with Gasteiger partial charge in [0, 0.05) is 6.07 Å². The maximum absolute atomic E-state index is 12.0. The van der Waals surface area contributed by atoms with Crippen molar-refractivity contribution >= 4 is 5.69 Å². The third kappa shape index (κ3) is 3.41. The van der Waals surface area contributed by atoms with Crippen molar-refractivity contribution < 1.29 is 14.6 Å². The van der Waals surface area contributed by atoms with E-state index in [1.807, 2.05) is 0 Å². The average molecular weight is 246 g/mol. The molecule has 0 saturated carbocycles. The predicted octanol–water partition coefficient (Wildman–Crippen LogP) is -0.279. The van der Waals surface area contributed by atoms with E-state index >= 15 is 0 Å². The smallest absolute Gasteiger partial charge is 0.250 e. The minimum atomic E-state index is -1.61. The Kier molecular flexibility index (Phi) is 4.40. The fourth-order valence-corrected chi connectivity index (χ4v) is 1.09. The number of pyridine rings is 1. The van der Waals surface area contributed by atoms with Crippen molar-refractivity contribution in [3.63, 3.8) is 0 Å². The maximum Gasteiger partial charge on any atom is 0.250 e. The summed E-state index contributed by atoms with van der Waals surface area (Å²) in [6.45, 7) is -1.27. The average Bonchev–Trinajstić information content (AvgIpc) is 2.29. The number of nitrogens with one attached hydrogen (secondary N) is 2. The second-order valence-corrected chi connectivity index (χ2v) is 3.04. The van der Waals surface area contributed by atoms with E-state index in [1.54, 1.807) is 0 Å². The third-order valence-corrected chi connectivity index (χ3v) is 1.88. The van der Waals surface area contributed by atoms with Crippen LogP contribution in [-0.4, -0.2) is 39.8 Å². The Bertz CT molecular complexity index is 438. The molecule has 0 saturated heterocycles. The van der Waals surface area contributed by atoms with E-state index in [0.717, 1.165) is 6.07 Å². The zero-order valence-electron chi connectivity index (χ0n) is 8.63. The van der Waals surface area contributed by atoms with E-state index in [9.17, 15) is 24.3 Å². The molecule has 9 heteroatoms. The second-order valence-electron chi connectivity index (χ2n) is 3.04. The highest BCUT2D eigenvalue weighted by molar-refractivity contribution is 5.51. The van der Waals surface area contributed by atoms with Crippen LogP contribution in [0.15, 0.2) is 22.2 Å². The molecule has 0 amide bonds. The van der Waals surface area contributed by atoms with Crippen LogP contribution in [0, 0.1) is 4.91 Å². The van der Waals surface area contributed by atoms with Gasteiger partial charge in [-0.3, -0.25) is 9.78 Å². The van der Waals surface area contributed by atoms with E-state index in [1.165, 1.54) is 6.07 Å². The lowest BCUT2D eigenvalue weighted by atomic mass is 10.4. The quantitative estimate of drug-likeness (QED) is 0.311. The molecule has 0 radical (unpaired) electrons. The van der Waals surface area contributed by atoms with Gasteiger partial charge < -0.3 is 15.5 Å². The molecule has 0 bridgehead atoms. The first-order chi connectivity index (χ1) is 8.08. The highest BCUT2D eigenvalue weighted by atomic mass is 19.1. The number of aliphatic hydroxyl groups is 1. The Morgan fingerprint density at radius 2 is 2.29 bits per heavy atom. The Labute approximate surface area is 94.6 Å². The molecule has 1 aromatic heterocycles. The minimum absolute atomic E-state index is 0.0235. The Morgan fingerprint density at radius 3 is 2.82 bits per heavy atom. The molecule has 0 aliphatic heterocycles. The van der Waals surface area contributed by atoms with E-state index < -0.39 is 31.0 Å². The standard InChI is InChI=1S/C8H11FN4O4/c9-3-4-13(12-17)8(16)10-5-1-2-6(14)11-7(5)15/h1-2,8,10,16H,3-4H2,(H2,11,14,15). The molecule has 0 spiro atoms. The summed E-state index contributed by atoms with van der Waals surface area (Å²) in [5, 5.41) is 23.9. The minimum Gasteiger partial charge on any atom is -0.493 e. The summed E-state index contributed by atoms with van der Waals surface area (Å²) in [5.41, 5.74) is -0.554. The first-order valence-corrected chi connectivity index (χ1v) is 4.61. The van der Waals surface area contributed by atoms with Crippen LogP contribution in [0.3, 0.4) is 0 Å². The zero-order valence-corrected chi connectivity index (χ0v) is 8.63. The molecule has 1 heterocycles. The van der Waals surface area contributed by atoms with Gasteiger partial charge in [-0.2, -0.15) is 0 Å².